The summed E-state index contributed by atoms with van der Waals surface area (Å²) in [7, 11) is 0. The van der Waals surface area contributed by atoms with Crippen LogP contribution in [0.5, 0.6) is 11.5 Å². The third kappa shape index (κ3) is 3.51. The summed E-state index contributed by atoms with van der Waals surface area (Å²) < 4.78 is 18.2. The molecule has 1 N–H and O–H groups in total. The summed E-state index contributed by atoms with van der Waals surface area (Å²) in [5, 5.41) is 3.36. The highest BCUT2D eigenvalue weighted by Crippen LogP contribution is 2.33. The first-order valence-corrected chi connectivity index (χ1v) is 8.97. The van der Waals surface area contributed by atoms with Crippen molar-refractivity contribution in [2.75, 3.05) is 18.5 Å². The third-order valence-corrected chi connectivity index (χ3v) is 4.62. The van der Waals surface area contributed by atoms with E-state index in [4.69, 9.17) is 13.9 Å². The van der Waals surface area contributed by atoms with Gasteiger partial charge in [-0.15, -0.1) is 0 Å². The van der Waals surface area contributed by atoms with Crippen molar-refractivity contribution in [1.82, 2.24) is 0 Å². The molecule has 0 amide bonds. The van der Waals surface area contributed by atoms with Gasteiger partial charge in [0, 0.05) is 21.8 Å². The molecule has 1 aliphatic rings. The molecule has 25 heavy (non-hydrogen) atoms. The van der Waals surface area contributed by atoms with Crippen LogP contribution in [0.3, 0.4) is 0 Å². The highest BCUT2D eigenvalue weighted by atomic mass is 79.9. The van der Waals surface area contributed by atoms with Gasteiger partial charge >= 0.3 is 0 Å². The minimum Gasteiger partial charge on any atom is -0.486 e. The van der Waals surface area contributed by atoms with E-state index in [0.717, 1.165) is 38.7 Å². The minimum absolute atomic E-state index is 0.588. The molecule has 0 unspecified atom stereocenters. The van der Waals surface area contributed by atoms with Gasteiger partial charge in [-0.05, 0) is 55.0 Å². The summed E-state index contributed by atoms with van der Waals surface area (Å²) in [6, 6.07) is 16.1. The van der Waals surface area contributed by atoms with Gasteiger partial charge in [0.1, 0.15) is 24.7 Å². The molecule has 2 heterocycles. The van der Waals surface area contributed by atoms with Crippen LogP contribution < -0.4 is 14.8 Å². The van der Waals surface area contributed by atoms with Gasteiger partial charge in [-0.2, -0.15) is 0 Å². The molecule has 128 valence electrons. The van der Waals surface area contributed by atoms with E-state index in [1.54, 1.807) is 0 Å². The Morgan fingerprint density at radius 2 is 1.80 bits per heavy atom. The molecule has 0 spiro atoms. The summed E-state index contributed by atoms with van der Waals surface area (Å²) in [5.41, 5.74) is 3.26. The Balaban J connectivity index is 1.46. The molecule has 0 atom stereocenters. The zero-order valence-corrected chi connectivity index (χ0v) is 15.4. The van der Waals surface area contributed by atoms with E-state index < -0.39 is 0 Å². The van der Waals surface area contributed by atoms with Crippen LogP contribution in [0.4, 0.5) is 5.69 Å². The topological polar surface area (TPSA) is 43.6 Å². The first-order valence-electron chi connectivity index (χ1n) is 8.18. The number of furan rings is 1. The van der Waals surface area contributed by atoms with Gasteiger partial charge in [0.2, 0.25) is 0 Å². The maximum atomic E-state index is 5.99. The van der Waals surface area contributed by atoms with Crippen LogP contribution >= 0.6 is 15.9 Å². The Morgan fingerprint density at radius 3 is 2.64 bits per heavy atom. The van der Waals surface area contributed by atoms with Crippen LogP contribution in [-0.2, 0) is 6.54 Å². The number of ether oxygens (including phenoxy) is 2. The Bertz CT molecular complexity index is 904. The predicted molar refractivity (Wildman–Crippen MR) is 101 cm³/mol. The van der Waals surface area contributed by atoms with Crippen molar-refractivity contribution in [2.24, 2.45) is 0 Å². The van der Waals surface area contributed by atoms with E-state index in [1.807, 2.05) is 36.4 Å². The number of benzene rings is 2. The van der Waals surface area contributed by atoms with Gasteiger partial charge in [-0.3, -0.25) is 0 Å². The van der Waals surface area contributed by atoms with Crippen molar-refractivity contribution in [3.63, 3.8) is 0 Å². The third-order valence-electron chi connectivity index (χ3n) is 4.12. The fourth-order valence-electron chi connectivity index (χ4n) is 2.86. The highest BCUT2D eigenvalue weighted by Gasteiger charge is 2.12. The molecule has 0 aliphatic carbocycles. The van der Waals surface area contributed by atoms with Gasteiger partial charge in [-0.1, -0.05) is 15.9 Å². The van der Waals surface area contributed by atoms with Crippen molar-refractivity contribution in [3.8, 4) is 22.8 Å². The predicted octanol–water partition coefficient (Wildman–Crippen LogP) is 5.40. The van der Waals surface area contributed by atoms with E-state index in [0.29, 0.717) is 19.8 Å². The maximum absolute atomic E-state index is 5.99. The van der Waals surface area contributed by atoms with Gasteiger partial charge in [0.15, 0.2) is 11.5 Å². The summed E-state index contributed by atoms with van der Waals surface area (Å²) in [5.74, 6) is 3.33. The van der Waals surface area contributed by atoms with Crippen molar-refractivity contribution in [1.29, 1.82) is 0 Å². The molecule has 4 nitrogen and oxygen atoms in total. The normalized spacial score (nSPS) is 12.9. The second kappa shape index (κ2) is 6.84. The Labute approximate surface area is 154 Å². The van der Waals surface area contributed by atoms with E-state index in [2.05, 4.69) is 40.3 Å². The molecule has 0 bridgehead atoms. The molecular weight excluding hydrogens is 382 g/mol. The van der Waals surface area contributed by atoms with Crippen molar-refractivity contribution >= 4 is 21.6 Å². The molecule has 4 rings (SSSR count). The Hall–Kier alpha value is -2.40. The molecule has 1 aromatic heterocycles. The van der Waals surface area contributed by atoms with E-state index in [9.17, 15) is 0 Å². The lowest BCUT2D eigenvalue weighted by molar-refractivity contribution is 0.171. The Kier molecular flexibility index (Phi) is 4.40. The largest absolute Gasteiger partial charge is 0.486 e. The van der Waals surface area contributed by atoms with Crippen LogP contribution in [-0.4, -0.2) is 13.2 Å². The van der Waals surface area contributed by atoms with E-state index >= 15 is 0 Å². The molecule has 0 saturated carbocycles. The smallest absolute Gasteiger partial charge is 0.163 e. The van der Waals surface area contributed by atoms with E-state index in [1.165, 1.54) is 5.56 Å². The van der Waals surface area contributed by atoms with Crippen LogP contribution in [0.15, 0.2) is 57.4 Å². The first-order chi connectivity index (χ1) is 12.2. The summed E-state index contributed by atoms with van der Waals surface area (Å²) in [6.45, 7) is 3.87. The summed E-state index contributed by atoms with van der Waals surface area (Å²) in [4.78, 5) is 0. The zero-order valence-electron chi connectivity index (χ0n) is 13.8. The van der Waals surface area contributed by atoms with Crippen LogP contribution in [0.2, 0.25) is 0 Å². The molecule has 2 aromatic carbocycles. The van der Waals surface area contributed by atoms with Crippen LogP contribution in [0, 0.1) is 6.92 Å². The summed E-state index contributed by atoms with van der Waals surface area (Å²) in [6.07, 6.45) is 0. The van der Waals surface area contributed by atoms with Crippen LogP contribution in [0.1, 0.15) is 11.3 Å². The number of fused-ring (bicyclic) bond motifs is 1. The zero-order chi connectivity index (χ0) is 17.2. The van der Waals surface area contributed by atoms with Gasteiger partial charge in [0.05, 0.1) is 6.54 Å². The lowest BCUT2D eigenvalue weighted by Crippen LogP contribution is -2.15. The number of nitrogens with one attached hydrogen (secondary N) is 1. The highest BCUT2D eigenvalue weighted by molar-refractivity contribution is 9.10. The number of rotatable bonds is 4. The summed E-state index contributed by atoms with van der Waals surface area (Å²) >= 11 is 3.49. The quantitative estimate of drug-likeness (QED) is 0.637. The molecule has 1 aliphatic heterocycles. The standard InChI is InChI=1S/C20H18BrNO3/c1-13-10-14(21)2-5-17(13)18-7-4-16(25-18)12-22-15-3-6-19-20(11-15)24-9-8-23-19/h2-7,10-11,22H,8-9,12H2,1H3. The van der Waals surface area contributed by atoms with Crippen molar-refractivity contribution < 1.29 is 13.9 Å². The monoisotopic (exact) mass is 399 g/mol. The average Bonchev–Trinajstić information content (AvgIpc) is 3.08. The molecule has 0 saturated heterocycles. The fraction of sp³-hybridized carbons (Fsp3) is 0.200. The lowest BCUT2D eigenvalue weighted by atomic mass is 10.1. The van der Waals surface area contributed by atoms with Crippen molar-refractivity contribution in [3.05, 3.63) is 64.3 Å². The number of halogens is 1. The number of aryl methyl sites for hydroxylation is 1. The SMILES string of the molecule is Cc1cc(Br)ccc1-c1ccc(CNc2ccc3c(c2)OCCO3)o1. The fourth-order valence-corrected chi connectivity index (χ4v) is 3.34. The Morgan fingerprint density at radius 1 is 0.960 bits per heavy atom. The number of hydrogen-bond donors (Lipinski definition) is 1. The number of hydrogen-bond acceptors (Lipinski definition) is 4. The first kappa shape index (κ1) is 16.1. The lowest BCUT2D eigenvalue weighted by Gasteiger charge is -2.19. The maximum Gasteiger partial charge on any atom is 0.163 e. The second-order valence-corrected chi connectivity index (χ2v) is 6.85. The molecular formula is C20H18BrNO3. The molecule has 0 fully saturated rings. The molecule has 5 heteroatoms. The minimum atomic E-state index is 0.588. The van der Waals surface area contributed by atoms with Gasteiger partial charge in [0.25, 0.3) is 0 Å². The molecule has 3 aromatic rings. The van der Waals surface area contributed by atoms with Gasteiger partial charge in [-0.25, -0.2) is 0 Å². The number of anilines is 1. The molecule has 0 radical (unpaired) electrons. The second-order valence-electron chi connectivity index (χ2n) is 5.94. The van der Waals surface area contributed by atoms with Crippen LogP contribution in [0.25, 0.3) is 11.3 Å². The van der Waals surface area contributed by atoms with E-state index in [-0.39, 0.29) is 0 Å². The van der Waals surface area contributed by atoms with Gasteiger partial charge < -0.3 is 19.2 Å². The average molecular weight is 400 g/mol. The van der Waals surface area contributed by atoms with Crippen molar-refractivity contribution in [2.45, 2.75) is 13.5 Å².